The Morgan fingerprint density at radius 2 is 1.89 bits per heavy atom. The molecular weight excluding hydrogens is 240 g/mol. The number of likely N-dealkylation sites (tertiary alicyclic amines) is 1. The first-order valence-corrected chi connectivity index (χ1v) is 7.72. The van der Waals surface area contributed by atoms with E-state index in [1.807, 2.05) is 11.8 Å². The first-order valence-electron chi connectivity index (χ1n) is 7.72. The Kier molecular flexibility index (Phi) is 8.07. The van der Waals surface area contributed by atoms with Gasteiger partial charge in [-0.1, -0.05) is 26.2 Å². The Labute approximate surface area is 117 Å². The van der Waals surface area contributed by atoms with Crippen molar-refractivity contribution in [2.45, 2.75) is 64.5 Å². The number of carbonyl (C=O) groups excluding carboxylic acids is 1. The van der Waals surface area contributed by atoms with Gasteiger partial charge in [-0.15, -0.1) is 0 Å². The summed E-state index contributed by atoms with van der Waals surface area (Å²) in [6, 6.07) is 0.172. The monoisotopic (exact) mass is 270 g/mol. The van der Waals surface area contributed by atoms with Gasteiger partial charge in [0.05, 0.1) is 12.6 Å². The molecule has 4 nitrogen and oxygen atoms in total. The highest BCUT2D eigenvalue weighted by Gasteiger charge is 2.23. The predicted octanol–water partition coefficient (Wildman–Crippen LogP) is 2.18. The molecule has 1 N–H and O–H groups in total. The molecule has 0 aromatic rings. The number of ether oxygens (including phenoxy) is 1. The number of rotatable bonds is 7. The lowest BCUT2D eigenvalue weighted by atomic mass is 10.1. The Morgan fingerprint density at radius 3 is 2.42 bits per heavy atom. The highest BCUT2D eigenvalue weighted by Crippen LogP contribution is 2.11. The average molecular weight is 270 g/mol. The van der Waals surface area contributed by atoms with E-state index in [9.17, 15) is 4.79 Å². The molecule has 0 aliphatic carbocycles. The van der Waals surface area contributed by atoms with E-state index >= 15 is 0 Å². The molecule has 19 heavy (non-hydrogen) atoms. The molecule has 1 amide bonds. The number of nitrogens with zero attached hydrogens (tertiary/aromatic N) is 1. The van der Waals surface area contributed by atoms with E-state index in [4.69, 9.17) is 4.74 Å². The third kappa shape index (κ3) is 5.91. The maximum absolute atomic E-state index is 12.4. The first kappa shape index (κ1) is 16.4. The highest BCUT2D eigenvalue weighted by atomic mass is 16.5. The van der Waals surface area contributed by atoms with E-state index < -0.39 is 0 Å². The third-order valence-electron chi connectivity index (χ3n) is 3.78. The first-order chi connectivity index (χ1) is 9.19. The summed E-state index contributed by atoms with van der Waals surface area (Å²) in [4.78, 5) is 14.4. The van der Waals surface area contributed by atoms with Crippen LogP contribution in [0.5, 0.6) is 0 Å². The summed E-state index contributed by atoms with van der Waals surface area (Å²) in [5, 5.41) is 3.42. The quantitative estimate of drug-likeness (QED) is 0.771. The number of amides is 1. The molecule has 0 aromatic carbocycles. The average Bonchev–Trinajstić information content (AvgIpc) is 2.67. The van der Waals surface area contributed by atoms with Crippen LogP contribution in [0.1, 0.15) is 52.4 Å². The molecule has 1 fully saturated rings. The van der Waals surface area contributed by atoms with Gasteiger partial charge in [0.2, 0.25) is 5.91 Å². The van der Waals surface area contributed by atoms with Gasteiger partial charge in [-0.25, -0.2) is 0 Å². The van der Waals surface area contributed by atoms with Crippen molar-refractivity contribution in [1.82, 2.24) is 10.2 Å². The minimum atomic E-state index is -0.107. The molecule has 1 saturated heterocycles. The standard InChI is InChI=1S/C15H30N2O2/c1-4-9-14(12-19-3)16-13(2)15(18)17-10-7-5-6-8-11-17/h13-14,16H,4-12H2,1-3H3. The molecule has 0 saturated carbocycles. The van der Waals surface area contributed by atoms with Crippen LogP contribution in [0, 0.1) is 0 Å². The zero-order chi connectivity index (χ0) is 14.1. The zero-order valence-electron chi connectivity index (χ0n) is 12.8. The van der Waals surface area contributed by atoms with E-state index in [-0.39, 0.29) is 18.0 Å². The maximum atomic E-state index is 12.4. The van der Waals surface area contributed by atoms with Crippen molar-refractivity contribution in [2.24, 2.45) is 0 Å². The van der Waals surface area contributed by atoms with Crippen LogP contribution >= 0.6 is 0 Å². The van der Waals surface area contributed by atoms with E-state index in [1.165, 1.54) is 12.8 Å². The molecule has 1 rings (SSSR count). The normalized spacial score (nSPS) is 19.8. The Balaban J connectivity index is 2.44. The van der Waals surface area contributed by atoms with Crippen LogP contribution in [0.25, 0.3) is 0 Å². The van der Waals surface area contributed by atoms with Gasteiger partial charge in [-0.05, 0) is 26.2 Å². The van der Waals surface area contributed by atoms with Gasteiger partial charge in [0.25, 0.3) is 0 Å². The van der Waals surface area contributed by atoms with Crippen LogP contribution in [0.15, 0.2) is 0 Å². The smallest absolute Gasteiger partial charge is 0.239 e. The summed E-state index contributed by atoms with van der Waals surface area (Å²) in [6.07, 6.45) is 6.96. The van der Waals surface area contributed by atoms with Crippen molar-refractivity contribution < 1.29 is 9.53 Å². The molecular formula is C15H30N2O2. The van der Waals surface area contributed by atoms with Crippen molar-refractivity contribution in [2.75, 3.05) is 26.8 Å². The van der Waals surface area contributed by atoms with Gasteiger partial charge < -0.3 is 15.0 Å². The molecule has 1 aliphatic rings. The number of carbonyl (C=O) groups is 1. The van der Waals surface area contributed by atoms with Gasteiger partial charge in [-0.2, -0.15) is 0 Å². The van der Waals surface area contributed by atoms with Crippen molar-refractivity contribution >= 4 is 5.91 Å². The van der Waals surface area contributed by atoms with Crippen LogP contribution in [0.3, 0.4) is 0 Å². The molecule has 1 aliphatic heterocycles. The topological polar surface area (TPSA) is 41.6 Å². The summed E-state index contributed by atoms with van der Waals surface area (Å²) in [5.74, 6) is 0.249. The van der Waals surface area contributed by atoms with E-state index in [0.717, 1.165) is 38.8 Å². The van der Waals surface area contributed by atoms with E-state index in [0.29, 0.717) is 6.61 Å². The molecule has 1 heterocycles. The molecule has 2 atom stereocenters. The van der Waals surface area contributed by atoms with Crippen LogP contribution < -0.4 is 5.32 Å². The highest BCUT2D eigenvalue weighted by molar-refractivity contribution is 5.81. The van der Waals surface area contributed by atoms with Crippen LogP contribution in [0.4, 0.5) is 0 Å². The molecule has 4 heteroatoms. The van der Waals surface area contributed by atoms with Gasteiger partial charge in [0, 0.05) is 26.2 Å². The summed E-state index contributed by atoms with van der Waals surface area (Å²) in [7, 11) is 1.71. The van der Waals surface area contributed by atoms with Crippen LogP contribution in [-0.4, -0.2) is 49.7 Å². The Hall–Kier alpha value is -0.610. The SMILES string of the molecule is CCCC(COC)NC(C)C(=O)N1CCCCCC1. The van der Waals surface area contributed by atoms with Crippen LogP contribution in [0.2, 0.25) is 0 Å². The van der Waals surface area contributed by atoms with Crippen molar-refractivity contribution in [3.05, 3.63) is 0 Å². The van der Waals surface area contributed by atoms with Gasteiger partial charge in [0.15, 0.2) is 0 Å². The lowest BCUT2D eigenvalue weighted by Gasteiger charge is -2.27. The van der Waals surface area contributed by atoms with E-state index in [2.05, 4.69) is 12.2 Å². The summed E-state index contributed by atoms with van der Waals surface area (Å²) in [6.45, 7) is 6.66. The van der Waals surface area contributed by atoms with Crippen LogP contribution in [-0.2, 0) is 9.53 Å². The molecule has 0 bridgehead atoms. The molecule has 0 radical (unpaired) electrons. The van der Waals surface area contributed by atoms with E-state index in [1.54, 1.807) is 7.11 Å². The summed E-state index contributed by atoms with van der Waals surface area (Å²) in [5.41, 5.74) is 0. The fraction of sp³-hybridized carbons (Fsp3) is 0.933. The zero-order valence-corrected chi connectivity index (χ0v) is 12.8. The minimum Gasteiger partial charge on any atom is -0.383 e. The lowest BCUT2D eigenvalue weighted by Crippen LogP contribution is -2.49. The second kappa shape index (κ2) is 9.32. The van der Waals surface area contributed by atoms with Crippen molar-refractivity contribution in [1.29, 1.82) is 0 Å². The lowest BCUT2D eigenvalue weighted by molar-refractivity contribution is -0.133. The number of hydrogen-bond acceptors (Lipinski definition) is 3. The minimum absolute atomic E-state index is 0.107. The maximum Gasteiger partial charge on any atom is 0.239 e. The van der Waals surface area contributed by atoms with Crippen molar-refractivity contribution in [3.8, 4) is 0 Å². The molecule has 0 spiro atoms. The summed E-state index contributed by atoms with van der Waals surface area (Å²) < 4.78 is 5.22. The largest absolute Gasteiger partial charge is 0.383 e. The number of nitrogens with one attached hydrogen (secondary N) is 1. The molecule has 112 valence electrons. The number of hydrogen-bond donors (Lipinski definition) is 1. The fourth-order valence-corrected chi connectivity index (χ4v) is 2.75. The van der Waals surface area contributed by atoms with Gasteiger partial charge >= 0.3 is 0 Å². The Morgan fingerprint density at radius 1 is 1.26 bits per heavy atom. The van der Waals surface area contributed by atoms with Gasteiger partial charge in [-0.3, -0.25) is 4.79 Å². The van der Waals surface area contributed by atoms with Crippen molar-refractivity contribution in [3.63, 3.8) is 0 Å². The second-order valence-corrected chi connectivity index (χ2v) is 5.57. The third-order valence-corrected chi connectivity index (χ3v) is 3.78. The molecule has 2 unspecified atom stereocenters. The Bertz CT molecular complexity index is 245. The fourth-order valence-electron chi connectivity index (χ4n) is 2.75. The predicted molar refractivity (Wildman–Crippen MR) is 78.2 cm³/mol. The second-order valence-electron chi connectivity index (χ2n) is 5.57. The summed E-state index contributed by atoms with van der Waals surface area (Å²) >= 11 is 0. The van der Waals surface area contributed by atoms with Gasteiger partial charge in [0.1, 0.15) is 0 Å². The molecule has 0 aromatic heterocycles. The number of methoxy groups -OCH3 is 1.